The van der Waals surface area contributed by atoms with Crippen LogP contribution in [0.5, 0.6) is 5.75 Å². The first-order valence-electron chi connectivity index (χ1n) is 5.66. The maximum Gasteiger partial charge on any atom is 0.240 e. The number of hydrogen-bond acceptors (Lipinski definition) is 3. The highest BCUT2D eigenvalue weighted by molar-refractivity contribution is 7.89. The van der Waals surface area contributed by atoms with Crippen LogP contribution in [-0.2, 0) is 10.0 Å². The molecule has 0 aliphatic carbocycles. The molecule has 1 aromatic rings. The smallest absolute Gasteiger partial charge is 0.240 e. The van der Waals surface area contributed by atoms with E-state index in [9.17, 15) is 8.42 Å². The summed E-state index contributed by atoms with van der Waals surface area (Å²) in [7, 11) is -3.43. The number of benzene rings is 1. The fourth-order valence-corrected chi connectivity index (χ4v) is 2.96. The molecule has 0 aliphatic heterocycles. The molecule has 1 N–H and O–H groups in total. The van der Waals surface area contributed by atoms with Gasteiger partial charge in [0.15, 0.2) is 0 Å². The molecule has 17 heavy (non-hydrogen) atoms. The molecule has 0 aromatic heterocycles. The Labute approximate surface area is 103 Å². The van der Waals surface area contributed by atoms with Gasteiger partial charge in [0.05, 0.1) is 11.5 Å². The lowest BCUT2D eigenvalue weighted by Gasteiger charge is -2.13. The van der Waals surface area contributed by atoms with Gasteiger partial charge in [0.1, 0.15) is 5.75 Å². The van der Waals surface area contributed by atoms with E-state index in [0.29, 0.717) is 18.9 Å². The number of ether oxygens (including phenoxy) is 1. The van der Waals surface area contributed by atoms with E-state index >= 15 is 0 Å². The lowest BCUT2D eigenvalue weighted by atomic mass is 10.1. The quantitative estimate of drug-likeness (QED) is 0.877. The van der Waals surface area contributed by atoms with Crippen molar-refractivity contribution in [3.8, 4) is 5.75 Å². The van der Waals surface area contributed by atoms with Gasteiger partial charge in [-0.15, -0.1) is 0 Å². The lowest BCUT2D eigenvalue weighted by Crippen LogP contribution is -2.24. The first kappa shape index (κ1) is 14.0. The zero-order chi connectivity index (χ0) is 13.1. The van der Waals surface area contributed by atoms with Crippen LogP contribution in [0.25, 0.3) is 0 Å². The average molecular weight is 257 g/mol. The Bertz CT molecular complexity index is 495. The van der Waals surface area contributed by atoms with E-state index in [4.69, 9.17) is 4.74 Å². The summed E-state index contributed by atoms with van der Waals surface area (Å²) in [5.41, 5.74) is 1.67. The van der Waals surface area contributed by atoms with Crippen molar-refractivity contribution in [2.24, 2.45) is 0 Å². The molecule has 0 heterocycles. The van der Waals surface area contributed by atoms with Crippen LogP contribution < -0.4 is 9.46 Å². The van der Waals surface area contributed by atoms with Crippen molar-refractivity contribution in [3.63, 3.8) is 0 Å². The maximum atomic E-state index is 12.0. The highest BCUT2D eigenvalue weighted by atomic mass is 32.2. The highest BCUT2D eigenvalue weighted by Gasteiger charge is 2.17. The summed E-state index contributed by atoms with van der Waals surface area (Å²) in [5, 5.41) is 0. The number of aryl methyl sites for hydroxylation is 2. The number of sulfonamides is 1. The number of nitrogens with one attached hydrogen (secondary N) is 1. The van der Waals surface area contributed by atoms with Crippen LogP contribution in [0.15, 0.2) is 17.0 Å². The molecule has 0 unspecified atom stereocenters. The van der Waals surface area contributed by atoms with E-state index in [1.807, 2.05) is 19.9 Å². The van der Waals surface area contributed by atoms with E-state index in [2.05, 4.69) is 4.72 Å². The Morgan fingerprint density at radius 3 is 2.35 bits per heavy atom. The molecule has 0 aliphatic rings. The van der Waals surface area contributed by atoms with E-state index in [0.717, 1.165) is 11.1 Å². The van der Waals surface area contributed by atoms with Crippen LogP contribution >= 0.6 is 0 Å². The summed E-state index contributed by atoms with van der Waals surface area (Å²) >= 11 is 0. The Balaban J connectivity index is 3.29. The Morgan fingerprint density at radius 1 is 1.18 bits per heavy atom. The molecule has 0 radical (unpaired) electrons. The molecule has 0 saturated heterocycles. The van der Waals surface area contributed by atoms with Crippen molar-refractivity contribution in [1.82, 2.24) is 4.72 Å². The summed E-state index contributed by atoms with van der Waals surface area (Å²) in [5.74, 6) is 0.620. The van der Waals surface area contributed by atoms with Gasteiger partial charge < -0.3 is 4.74 Å². The second-order valence-corrected chi connectivity index (χ2v) is 5.55. The molecule has 0 saturated carbocycles. The lowest BCUT2D eigenvalue weighted by molar-refractivity contribution is 0.337. The van der Waals surface area contributed by atoms with Gasteiger partial charge in [0, 0.05) is 12.6 Å². The van der Waals surface area contributed by atoms with E-state index in [-0.39, 0.29) is 4.90 Å². The van der Waals surface area contributed by atoms with E-state index in [1.54, 1.807) is 19.9 Å². The molecule has 4 nitrogen and oxygen atoms in total. The van der Waals surface area contributed by atoms with Gasteiger partial charge in [-0.2, -0.15) is 0 Å². The van der Waals surface area contributed by atoms with Crippen molar-refractivity contribution >= 4 is 10.0 Å². The Morgan fingerprint density at radius 2 is 1.82 bits per heavy atom. The van der Waals surface area contributed by atoms with E-state index in [1.165, 1.54) is 0 Å². The largest absolute Gasteiger partial charge is 0.494 e. The zero-order valence-electron chi connectivity index (χ0n) is 10.7. The minimum atomic E-state index is -3.43. The Hall–Kier alpha value is -1.07. The van der Waals surface area contributed by atoms with Gasteiger partial charge in [-0.25, -0.2) is 13.1 Å². The van der Waals surface area contributed by atoms with Crippen molar-refractivity contribution in [2.75, 3.05) is 13.2 Å². The number of rotatable bonds is 5. The normalized spacial score (nSPS) is 11.5. The monoisotopic (exact) mass is 257 g/mol. The maximum absolute atomic E-state index is 12.0. The van der Waals surface area contributed by atoms with Gasteiger partial charge >= 0.3 is 0 Å². The summed E-state index contributed by atoms with van der Waals surface area (Å²) in [6.07, 6.45) is 0. The van der Waals surface area contributed by atoms with Gasteiger partial charge in [0.2, 0.25) is 10.0 Å². The third-order valence-corrected chi connectivity index (χ3v) is 4.08. The topological polar surface area (TPSA) is 55.4 Å². The van der Waals surface area contributed by atoms with Crippen LogP contribution in [0.1, 0.15) is 25.0 Å². The van der Waals surface area contributed by atoms with Gasteiger partial charge in [-0.05, 0) is 31.9 Å². The number of hydrogen-bond donors (Lipinski definition) is 1. The second kappa shape index (κ2) is 5.51. The van der Waals surface area contributed by atoms with Crippen LogP contribution in [0, 0.1) is 13.8 Å². The summed E-state index contributed by atoms with van der Waals surface area (Å²) < 4.78 is 31.8. The molecular formula is C12H19NO3S. The zero-order valence-corrected chi connectivity index (χ0v) is 11.5. The highest BCUT2D eigenvalue weighted by Crippen LogP contribution is 2.25. The molecule has 96 valence electrons. The summed E-state index contributed by atoms with van der Waals surface area (Å²) in [6.45, 7) is 8.21. The molecule has 5 heteroatoms. The molecule has 0 atom stereocenters. The van der Waals surface area contributed by atoms with Crippen molar-refractivity contribution in [1.29, 1.82) is 0 Å². The summed E-state index contributed by atoms with van der Waals surface area (Å²) in [6, 6.07) is 3.42. The third kappa shape index (κ3) is 3.20. The fourth-order valence-electron chi connectivity index (χ4n) is 1.68. The van der Waals surface area contributed by atoms with Crippen LogP contribution in [-0.4, -0.2) is 21.6 Å². The van der Waals surface area contributed by atoms with Crippen molar-refractivity contribution in [3.05, 3.63) is 23.3 Å². The molecular weight excluding hydrogens is 238 g/mol. The van der Waals surface area contributed by atoms with Gasteiger partial charge in [-0.3, -0.25) is 0 Å². The SMILES string of the molecule is CCNS(=O)(=O)c1cc(OCC)c(C)cc1C. The Kier molecular flexibility index (Phi) is 4.54. The van der Waals surface area contributed by atoms with Gasteiger partial charge in [-0.1, -0.05) is 13.0 Å². The minimum Gasteiger partial charge on any atom is -0.494 e. The molecule has 1 rings (SSSR count). The van der Waals surface area contributed by atoms with Crippen molar-refractivity contribution in [2.45, 2.75) is 32.6 Å². The van der Waals surface area contributed by atoms with Crippen LogP contribution in [0.4, 0.5) is 0 Å². The predicted molar refractivity (Wildman–Crippen MR) is 67.9 cm³/mol. The minimum absolute atomic E-state index is 0.286. The van der Waals surface area contributed by atoms with Crippen LogP contribution in [0.2, 0.25) is 0 Å². The average Bonchev–Trinajstić information content (AvgIpc) is 2.21. The first-order valence-corrected chi connectivity index (χ1v) is 7.14. The third-order valence-electron chi connectivity index (χ3n) is 2.40. The van der Waals surface area contributed by atoms with Gasteiger partial charge in [0.25, 0.3) is 0 Å². The molecule has 0 fully saturated rings. The molecule has 0 spiro atoms. The van der Waals surface area contributed by atoms with Crippen molar-refractivity contribution < 1.29 is 13.2 Å². The standard InChI is InChI=1S/C12H19NO3S/c1-5-13-17(14,15)12-8-11(16-6-2)9(3)7-10(12)4/h7-8,13H,5-6H2,1-4H3. The molecule has 1 aromatic carbocycles. The van der Waals surface area contributed by atoms with E-state index < -0.39 is 10.0 Å². The predicted octanol–water partition coefficient (Wildman–Crippen LogP) is 2.00. The second-order valence-electron chi connectivity index (χ2n) is 3.82. The molecule has 0 amide bonds. The van der Waals surface area contributed by atoms with Crippen LogP contribution in [0.3, 0.4) is 0 Å². The fraction of sp³-hybridized carbons (Fsp3) is 0.500. The molecule has 0 bridgehead atoms. The summed E-state index contributed by atoms with van der Waals surface area (Å²) in [4.78, 5) is 0.286. The first-order chi connectivity index (χ1) is 7.92.